The molecule has 0 radical (unpaired) electrons. The van der Waals surface area contributed by atoms with Crippen LogP contribution in [0.4, 0.5) is 0 Å². The molecule has 0 saturated heterocycles. The van der Waals surface area contributed by atoms with E-state index >= 15 is 0 Å². The van der Waals surface area contributed by atoms with Crippen LogP contribution in [0.3, 0.4) is 0 Å². The molecular weight excluding hydrogens is 430 g/mol. The normalized spacial score (nSPS) is 8.67. The Kier molecular flexibility index (Phi) is 22.1. The van der Waals surface area contributed by atoms with Crippen molar-refractivity contribution in [2.45, 2.75) is 66.5 Å². The van der Waals surface area contributed by atoms with E-state index < -0.39 is 0 Å². The molecule has 0 atom stereocenters. The van der Waals surface area contributed by atoms with Crippen molar-refractivity contribution < 1.29 is 48.1 Å². The van der Waals surface area contributed by atoms with Crippen molar-refractivity contribution in [2.24, 2.45) is 0 Å². The van der Waals surface area contributed by atoms with Gasteiger partial charge in [0.05, 0.1) is 0 Å². The van der Waals surface area contributed by atoms with Gasteiger partial charge in [0.25, 0.3) is 0 Å². The van der Waals surface area contributed by atoms with Gasteiger partial charge in [-0.25, -0.2) is 12.1 Å². The maximum atomic E-state index is 2.41. The van der Waals surface area contributed by atoms with Crippen LogP contribution in [0.15, 0.2) is 36.4 Å². The maximum absolute atomic E-state index is 2.41. The molecule has 2 rings (SSSR count). The number of hydrogen-bond donors (Lipinski definition) is 0. The van der Waals surface area contributed by atoms with Crippen molar-refractivity contribution in [3.05, 3.63) is 58.7 Å². The Balaban J connectivity index is -0.000000335. The Morgan fingerprint density at radius 3 is 1.71 bits per heavy atom. The zero-order valence-electron chi connectivity index (χ0n) is 16.0. The van der Waals surface area contributed by atoms with Crippen LogP contribution in [0.25, 0.3) is 0 Å². The second-order valence-electron chi connectivity index (χ2n) is 5.53. The summed E-state index contributed by atoms with van der Waals surface area (Å²) in [6.07, 6.45) is 4.78. The first-order chi connectivity index (χ1) is 10.5. The minimum Gasteiger partial charge on any atom is -1.00 e. The molecule has 0 fully saturated rings. The third-order valence-corrected chi connectivity index (χ3v) is 3.51. The molecule has 4 heteroatoms. The van der Waals surface area contributed by atoms with Crippen LogP contribution in [0, 0.1) is 0 Å². The van der Waals surface area contributed by atoms with Gasteiger partial charge < -0.3 is 24.8 Å². The van der Waals surface area contributed by atoms with E-state index in [0.29, 0.717) is 0 Å². The van der Waals surface area contributed by atoms with Crippen LogP contribution >= 0.6 is 0 Å². The average molecular weight is 463 g/mol. The standard InChI is InChI=1S/C13H21.C5H5.C2H6Si.2ClH.Zr/c1-5-10-9-11(6-2)13(8-4)12(10)7-3;1-2-4-5-3-1;1-3-2;;;/h9H,5-8H2,1-4H3;1-5H;1-2H3;2*1H;/q2*-1;;;;+2/p-2. The molecule has 24 heavy (non-hydrogen) atoms. The van der Waals surface area contributed by atoms with Gasteiger partial charge in [0.2, 0.25) is 0 Å². The topological polar surface area (TPSA) is 0 Å². The van der Waals surface area contributed by atoms with Crippen LogP contribution in [0.1, 0.15) is 49.9 Å². The number of hydrogen-bond acceptors (Lipinski definition) is 0. The summed E-state index contributed by atoms with van der Waals surface area (Å²) in [5, 5.41) is 0. The van der Waals surface area contributed by atoms with Gasteiger partial charge in [0, 0.05) is 0 Å². The van der Waals surface area contributed by atoms with Crippen molar-refractivity contribution in [1.82, 2.24) is 0 Å². The number of halogens is 2. The summed E-state index contributed by atoms with van der Waals surface area (Å²) in [7, 11) is 0. The third kappa shape index (κ3) is 11.9. The molecule has 136 valence electrons. The first-order valence-electron chi connectivity index (χ1n) is 8.49. The summed E-state index contributed by atoms with van der Waals surface area (Å²) in [6, 6.07) is 12.4. The van der Waals surface area contributed by atoms with E-state index in [4.69, 9.17) is 0 Å². The zero-order chi connectivity index (χ0) is 17.0. The van der Waals surface area contributed by atoms with E-state index in [9.17, 15) is 0 Å². The predicted molar refractivity (Wildman–Crippen MR) is 99.1 cm³/mol. The van der Waals surface area contributed by atoms with E-state index in [-0.39, 0.29) is 30.2 Å². The molecule has 0 saturated carbocycles. The van der Waals surface area contributed by atoms with Crippen LogP contribution in [-0.4, -0.2) is 5.43 Å². The summed E-state index contributed by atoms with van der Waals surface area (Å²) in [5.74, 6) is 0. The summed E-state index contributed by atoms with van der Waals surface area (Å²) in [6.45, 7) is 13.7. The fourth-order valence-electron chi connectivity index (χ4n) is 2.60. The molecule has 0 bridgehead atoms. The van der Waals surface area contributed by atoms with Gasteiger partial charge in [0.1, 0.15) is 0 Å². The monoisotopic (exact) mass is 460 g/mol. The second-order valence-corrected chi connectivity index (χ2v) is 14.9. The van der Waals surface area contributed by atoms with Crippen LogP contribution in [-0.2, 0) is 49.0 Å². The summed E-state index contributed by atoms with van der Waals surface area (Å²) >= 11 is 1.74. The Morgan fingerprint density at radius 1 is 0.958 bits per heavy atom. The molecule has 2 aromatic rings. The minimum absolute atomic E-state index is 0. The van der Waals surface area contributed by atoms with Crippen molar-refractivity contribution in [2.75, 3.05) is 0 Å². The summed E-state index contributed by atoms with van der Waals surface area (Å²) in [4.78, 5) is 0. The first kappa shape index (κ1) is 29.2. The van der Waals surface area contributed by atoms with E-state index in [1.54, 1.807) is 45.6 Å². The summed E-state index contributed by atoms with van der Waals surface area (Å²) in [5.41, 5.74) is 6.62. The molecule has 2 aromatic carbocycles. The van der Waals surface area contributed by atoms with Crippen LogP contribution < -0.4 is 24.8 Å². The maximum Gasteiger partial charge on any atom is -0.172 e. The molecule has 0 spiro atoms. The first-order valence-corrected chi connectivity index (χ1v) is 14.7. The fourth-order valence-corrected chi connectivity index (χ4v) is 2.60. The molecule has 0 aliphatic rings. The Morgan fingerprint density at radius 2 is 1.46 bits per heavy atom. The molecule has 0 aliphatic carbocycles. The van der Waals surface area contributed by atoms with Crippen LogP contribution in [0.5, 0.6) is 0 Å². The SMILES string of the molecule is CCc1c[c-](CC)c(CC)c1CC.C[Si](C)=[Zr+2].[Cl-].[Cl-].c1cc[cH-]c1. The van der Waals surface area contributed by atoms with E-state index in [0.717, 1.165) is 0 Å². The average Bonchev–Trinajstić information content (AvgIpc) is 3.16. The van der Waals surface area contributed by atoms with E-state index in [1.165, 1.54) is 25.7 Å². The van der Waals surface area contributed by atoms with Gasteiger partial charge in [-0.3, -0.25) is 0 Å². The molecule has 0 amide bonds. The largest absolute Gasteiger partial charge is 1.00 e. The van der Waals surface area contributed by atoms with Gasteiger partial charge in [-0.05, 0) is 0 Å². The van der Waals surface area contributed by atoms with E-state index in [2.05, 4.69) is 46.9 Å². The van der Waals surface area contributed by atoms with Crippen molar-refractivity contribution >= 4 is 5.43 Å². The second kappa shape index (κ2) is 18.2. The molecule has 0 nitrogen and oxygen atoms in total. The van der Waals surface area contributed by atoms with Crippen molar-refractivity contribution in [1.29, 1.82) is 0 Å². The molecule has 0 unspecified atom stereocenters. The van der Waals surface area contributed by atoms with Crippen molar-refractivity contribution in [3.8, 4) is 0 Å². The Labute approximate surface area is 177 Å². The van der Waals surface area contributed by atoms with Gasteiger partial charge in [0.15, 0.2) is 0 Å². The Hall–Kier alpha value is 0.380. The predicted octanol–water partition coefficient (Wildman–Crippen LogP) is -0.147. The van der Waals surface area contributed by atoms with Gasteiger partial charge in [-0.2, -0.15) is 46.5 Å². The van der Waals surface area contributed by atoms with Crippen LogP contribution in [0.2, 0.25) is 13.1 Å². The number of rotatable bonds is 4. The quantitative estimate of drug-likeness (QED) is 0.438. The molecule has 0 aliphatic heterocycles. The summed E-state index contributed by atoms with van der Waals surface area (Å²) < 4.78 is 0. The minimum atomic E-state index is 0. The van der Waals surface area contributed by atoms with Gasteiger partial charge >= 0.3 is 41.9 Å². The van der Waals surface area contributed by atoms with E-state index in [1.807, 2.05) is 30.3 Å². The molecule has 0 heterocycles. The van der Waals surface area contributed by atoms with Gasteiger partial charge in [-0.15, -0.1) is 0 Å². The number of aryl methyl sites for hydroxylation is 2. The zero-order valence-corrected chi connectivity index (χ0v) is 21.0. The third-order valence-electron chi connectivity index (χ3n) is 3.51. The van der Waals surface area contributed by atoms with Crippen molar-refractivity contribution in [3.63, 3.8) is 0 Å². The Bertz CT molecular complexity index is 468. The molecule has 0 N–H and O–H groups in total. The molecular formula is C20H32Cl2SiZr-2. The smallest absolute Gasteiger partial charge is 0.172 e. The molecule has 0 aromatic heterocycles. The fraction of sp³-hybridized carbons (Fsp3) is 0.500. The van der Waals surface area contributed by atoms with Gasteiger partial charge in [-0.1, -0.05) is 53.4 Å².